The molecule has 0 aromatic heterocycles. The number of anilines is 1. The highest BCUT2D eigenvalue weighted by Gasteiger charge is 2.16. The number of nitrogens with one attached hydrogen (secondary N) is 1. The summed E-state index contributed by atoms with van der Waals surface area (Å²) in [6.07, 6.45) is 5.10. The highest BCUT2D eigenvalue weighted by atomic mass is 32.2. The average Bonchev–Trinajstić information content (AvgIpc) is 2.36. The van der Waals surface area contributed by atoms with Gasteiger partial charge in [0.05, 0.1) is 4.90 Å². The molecule has 4 nitrogen and oxygen atoms in total. The molecule has 1 rings (SSSR count). The molecule has 0 fully saturated rings. The van der Waals surface area contributed by atoms with Crippen LogP contribution in [0.1, 0.15) is 24.8 Å². The summed E-state index contributed by atoms with van der Waals surface area (Å²) in [4.78, 5) is 0.275. The van der Waals surface area contributed by atoms with Crippen molar-refractivity contribution in [1.82, 2.24) is 4.72 Å². The van der Waals surface area contributed by atoms with Crippen LogP contribution < -0.4 is 10.5 Å². The van der Waals surface area contributed by atoms with E-state index in [0.717, 1.165) is 25.0 Å². The van der Waals surface area contributed by atoms with Gasteiger partial charge in [-0.05, 0) is 49.5 Å². The van der Waals surface area contributed by atoms with Crippen LogP contribution >= 0.6 is 11.8 Å². The number of hydrogen-bond donors (Lipinski definition) is 2. The third-order valence-electron chi connectivity index (χ3n) is 2.82. The molecular formula is C13H22N2O2S2. The van der Waals surface area contributed by atoms with E-state index in [9.17, 15) is 8.42 Å². The average molecular weight is 302 g/mol. The number of thioether (sulfide) groups is 1. The molecule has 0 radical (unpaired) electrons. The number of hydrogen-bond acceptors (Lipinski definition) is 4. The lowest BCUT2D eigenvalue weighted by atomic mass is 10.2. The molecular weight excluding hydrogens is 280 g/mol. The SMILES string of the molecule is CSCCCCCNS(=O)(=O)c1cc(N)ccc1C. The Kier molecular flexibility index (Phi) is 6.68. The fraction of sp³-hybridized carbons (Fsp3) is 0.538. The van der Waals surface area contributed by atoms with E-state index in [1.54, 1.807) is 19.1 Å². The fourth-order valence-corrected chi connectivity index (χ4v) is 3.58. The number of benzene rings is 1. The van der Waals surface area contributed by atoms with Crippen molar-refractivity contribution in [2.75, 3.05) is 24.3 Å². The number of nitrogen functional groups attached to an aromatic ring is 1. The third-order valence-corrected chi connectivity index (χ3v) is 5.12. The van der Waals surface area contributed by atoms with Gasteiger partial charge in [0.25, 0.3) is 0 Å². The van der Waals surface area contributed by atoms with E-state index in [1.165, 1.54) is 6.07 Å². The molecule has 0 saturated carbocycles. The van der Waals surface area contributed by atoms with E-state index in [1.807, 2.05) is 11.8 Å². The quantitative estimate of drug-likeness (QED) is 0.571. The minimum Gasteiger partial charge on any atom is -0.399 e. The zero-order valence-electron chi connectivity index (χ0n) is 11.5. The zero-order valence-corrected chi connectivity index (χ0v) is 13.1. The van der Waals surface area contributed by atoms with Gasteiger partial charge in [-0.2, -0.15) is 11.8 Å². The molecule has 0 aliphatic rings. The van der Waals surface area contributed by atoms with Gasteiger partial charge in [-0.25, -0.2) is 13.1 Å². The molecule has 3 N–H and O–H groups in total. The highest BCUT2D eigenvalue weighted by Crippen LogP contribution is 2.18. The monoisotopic (exact) mass is 302 g/mol. The van der Waals surface area contributed by atoms with Crippen molar-refractivity contribution in [1.29, 1.82) is 0 Å². The lowest BCUT2D eigenvalue weighted by Gasteiger charge is -2.10. The third kappa shape index (κ3) is 5.42. The Bertz CT molecular complexity index is 501. The van der Waals surface area contributed by atoms with E-state index < -0.39 is 10.0 Å². The van der Waals surface area contributed by atoms with Crippen molar-refractivity contribution in [3.63, 3.8) is 0 Å². The zero-order chi connectivity index (χ0) is 14.3. The molecule has 0 bridgehead atoms. The largest absolute Gasteiger partial charge is 0.399 e. The first-order valence-corrected chi connectivity index (χ1v) is 9.20. The minimum absolute atomic E-state index is 0.275. The Morgan fingerprint density at radius 1 is 1.26 bits per heavy atom. The molecule has 108 valence electrons. The van der Waals surface area contributed by atoms with Gasteiger partial charge in [0.1, 0.15) is 0 Å². The molecule has 0 atom stereocenters. The van der Waals surface area contributed by atoms with Crippen LogP contribution in [0.25, 0.3) is 0 Å². The van der Waals surface area contributed by atoms with Gasteiger partial charge < -0.3 is 5.73 Å². The summed E-state index contributed by atoms with van der Waals surface area (Å²) in [5.41, 5.74) is 6.82. The van der Waals surface area contributed by atoms with Crippen molar-refractivity contribution in [3.8, 4) is 0 Å². The van der Waals surface area contributed by atoms with Crippen molar-refractivity contribution in [2.24, 2.45) is 0 Å². The molecule has 0 aliphatic carbocycles. The molecule has 0 amide bonds. The van der Waals surface area contributed by atoms with Gasteiger partial charge >= 0.3 is 0 Å². The first-order valence-electron chi connectivity index (χ1n) is 6.32. The van der Waals surface area contributed by atoms with Crippen LogP contribution in [-0.2, 0) is 10.0 Å². The van der Waals surface area contributed by atoms with Gasteiger partial charge in [-0.15, -0.1) is 0 Å². The fourth-order valence-electron chi connectivity index (χ4n) is 1.74. The summed E-state index contributed by atoms with van der Waals surface area (Å²) in [6, 6.07) is 4.94. The maximum absolute atomic E-state index is 12.1. The summed E-state index contributed by atoms with van der Waals surface area (Å²) in [7, 11) is -3.44. The second kappa shape index (κ2) is 7.77. The maximum atomic E-state index is 12.1. The number of sulfonamides is 1. The van der Waals surface area contributed by atoms with Gasteiger partial charge in [0.2, 0.25) is 10.0 Å². The van der Waals surface area contributed by atoms with E-state index in [4.69, 9.17) is 5.73 Å². The predicted octanol–water partition coefficient (Wildman–Crippen LogP) is 2.39. The van der Waals surface area contributed by atoms with Crippen molar-refractivity contribution >= 4 is 27.5 Å². The van der Waals surface area contributed by atoms with Crippen LogP contribution in [0.2, 0.25) is 0 Å². The Morgan fingerprint density at radius 3 is 2.68 bits per heavy atom. The number of nitrogens with two attached hydrogens (primary N) is 1. The van der Waals surface area contributed by atoms with Crippen LogP contribution in [0.15, 0.2) is 23.1 Å². The smallest absolute Gasteiger partial charge is 0.240 e. The normalized spacial score (nSPS) is 11.7. The van der Waals surface area contributed by atoms with Gasteiger partial charge in [-0.3, -0.25) is 0 Å². The van der Waals surface area contributed by atoms with E-state index >= 15 is 0 Å². The molecule has 0 unspecified atom stereocenters. The summed E-state index contributed by atoms with van der Waals surface area (Å²) in [5, 5.41) is 0. The molecule has 1 aromatic carbocycles. The first kappa shape index (κ1) is 16.3. The highest BCUT2D eigenvalue weighted by molar-refractivity contribution is 7.98. The first-order chi connectivity index (χ1) is 8.97. The van der Waals surface area contributed by atoms with Crippen LogP contribution in [0.3, 0.4) is 0 Å². The van der Waals surface area contributed by atoms with E-state index in [2.05, 4.69) is 11.0 Å². The van der Waals surface area contributed by atoms with Gasteiger partial charge in [0, 0.05) is 12.2 Å². The van der Waals surface area contributed by atoms with Crippen LogP contribution in [-0.4, -0.2) is 27.0 Å². The van der Waals surface area contributed by atoms with Crippen molar-refractivity contribution in [3.05, 3.63) is 23.8 Å². The summed E-state index contributed by atoms with van der Waals surface area (Å²) in [6.45, 7) is 2.25. The standard InChI is InChI=1S/C13H22N2O2S2/c1-11-6-7-12(14)10-13(11)19(16,17)15-8-4-3-5-9-18-2/h6-7,10,15H,3-5,8-9,14H2,1-2H3. The lowest BCUT2D eigenvalue weighted by Crippen LogP contribution is -2.25. The van der Waals surface area contributed by atoms with Crippen LogP contribution in [0.4, 0.5) is 5.69 Å². The Labute approximate surface area is 120 Å². The molecule has 0 spiro atoms. The summed E-state index contributed by atoms with van der Waals surface area (Å²) in [5.74, 6) is 1.13. The van der Waals surface area contributed by atoms with E-state index in [0.29, 0.717) is 17.8 Å². The Hall–Kier alpha value is -0.720. The number of rotatable bonds is 8. The van der Waals surface area contributed by atoms with E-state index in [-0.39, 0.29) is 4.90 Å². The molecule has 19 heavy (non-hydrogen) atoms. The van der Waals surface area contributed by atoms with Crippen LogP contribution in [0.5, 0.6) is 0 Å². The second-order valence-corrected chi connectivity index (χ2v) is 7.20. The van der Waals surface area contributed by atoms with Crippen molar-refractivity contribution in [2.45, 2.75) is 31.1 Å². The topological polar surface area (TPSA) is 72.2 Å². The molecule has 0 heterocycles. The molecule has 6 heteroatoms. The maximum Gasteiger partial charge on any atom is 0.240 e. The number of aryl methyl sites for hydroxylation is 1. The number of unbranched alkanes of at least 4 members (excludes halogenated alkanes) is 2. The van der Waals surface area contributed by atoms with Crippen LogP contribution in [0, 0.1) is 6.92 Å². The lowest BCUT2D eigenvalue weighted by molar-refractivity contribution is 0.575. The summed E-state index contributed by atoms with van der Waals surface area (Å²) < 4.78 is 26.9. The minimum atomic E-state index is -3.44. The van der Waals surface area contributed by atoms with Crippen molar-refractivity contribution < 1.29 is 8.42 Å². The predicted molar refractivity (Wildman–Crippen MR) is 83.0 cm³/mol. The Balaban J connectivity index is 2.54. The second-order valence-electron chi connectivity index (χ2n) is 4.48. The molecule has 0 aliphatic heterocycles. The van der Waals surface area contributed by atoms with Gasteiger partial charge in [0.15, 0.2) is 0 Å². The molecule has 0 saturated heterocycles. The molecule has 1 aromatic rings. The Morgan fingerprint density at radius 2 is 2.00 bits per heavy atom. The summed E-state index contributed by atoms with van der Waals surface area (Å²) >= 11 is 1.81. The van der Waals surface area contributed by atoms with Gasteiger partial charge in [-0.1, -0.05) is 12.5 Å².